The number of hydrogen-bond donors (Lipinski definition) is 1. The highest BCUT2D eigenvalue weighted by Crippen LogP contribution is 2.14. The van der Waals surface area contributed by atoms with E-state index in [1.165, 1.54) is 4.68 Å². The zero-order valence-electron chi connectivity index (χ0n) is 11.0. The van der Waals surface area contributed by atoms with Gasteiger partial charge < -0.3 is 10.1 Å². The molecule has 0 unspecified atom stereocenters. The number of nitriles is 1. The van der Waals surface area contributed by atoms with Gasteiger partial charge in [0.25, 0.3) is 5.91 Å². The highest BCUT2D eigenvalue weighted by atomic mass is 16.5. The molecule has 0 spiro atoms. The van der Waals surface area contributed by atoms with Gasteiger partial charge >= 0.3 is 0 Å². The molecule has 1 aromatic heterocycles. The molecule has 0 bridgehead atoms. The number of hydrogen-bond acceptors (Lipinski definition) is 4. The van der Waals surface area contributed by atoms with Crippen LogP contribution in [-0.2, 0) is 6.54 Å². The standard InChI is InChI=1S/C14H14N4O2/c1-2-20-12-5-3-4-11(10-12)14(19)16-13-6-8-18(17-13)9-7-15/h3-6,8,10H,2,9H2,1H3,(H,16,17,19). The summed E-state index contributed by atoms with van der Waals surface area (Å²) in [7, 11) is 0. The van der Waals surface area contributed by atoms with Crippen LogP contribution >= 0.6 is 0 Å². The van der Waals surface area contributed by atoms with E-state index in [9.17, 15) is 4.79 Å². The number of rotatable bonds is 5. The second kappa shape index (κ2) is 6.38. The maximum Gasteiger partial charge on any atom is 0.256 e. The average Bonchev–Trinajstić information content (AvgIpc) is 2.87. The Hall–Kier alpha value is -2.81. The smallest absolute Gasteiger partial charge is 0.256 e. The second-order valence-corrected chi connectivity index (χ2v) is 3.97. The maximum atomic E-state index is 12.1. The molecular formula is C14H14N4O2. The lowest BCUT2D eigenvalue weighted by Gasteiger charge is -2.05. The molecule has 102 valence electrons. The van der Waals surface area contributed by atoms with Gasteiger partial charge in [-0.1, -0.05) is 6.07 Å². The zero-order valence-corrected chi connectivity index (χ0v) is 11.0. The quantitative estimate of drug-likeness (QED) is 0.901. The van der Waals surface area contributed by atoms with Crippen LogP contribution in [0.2, 0.25) is 0 Å². The summed E-state index contributed by atoms with van der Waals surface area (Å²) in [6.07, 6.45) is 1.63. The van der Waals surface area contributed by atoms with Crippen LogP contribution < -0.4 is 10.1 Å². The Morgan fingerprint density at radius 1 is 1.50 bits per heavy atom. The largest absolute Gasteiger partial charge is 0.494 e. The van der Waals surface area contributed by atoms with Gasteiger partial charge in [0, 0.05) is 17.8 Å². The number of anilines is 1. The molecule has 2 rings (SSSR count). The van der Waals surface area contributed by atoms with Crippen LogP contribution in [0.3, 0.4) is 0 Å². The molecule has 0 aliphatic rings. The van der Waals surface area contributed by atoms with Crippen LogP contribution in [0.4, 0.5) is 5.82 Å². The molecule has 1 aromatic carbocycles. The molecule has 0 saturated heterocycles. The highest BCUT2D eigenvalue weighted by molar-refractivity contribution is 6.03. The minimum Gasteiger partial charge on any atom is -0.494 e. The Morgan fingerprint density at radius 3 is 3.10 bits per heavy atom. The topological polar surface area (TPSA) is 79.9 Å². The Kier molecular flexibility index (Phi) is 4.35. The molecule has 2 aromatic rings. The first-order chi connectivity index (χ1) is 9.72. The summed E-state index contributed by atoms with van der Waals surface area (Å²) in [6.45, 7) is 2.58. The van der Waals surface area contributed by atoms with Gasteiger partial charge in [-0.3, -0.25) is 9.48 Å². The number of nitrogens with one attached hydrogen (secondary N) is 1. The van der Waals surface area contributed by atoms with E-state index in [0.29, 0.717) is 23.7 Å². The fraction of sp³-hybridized carbons (Fsp3) is 0.214. The third-order valence-corrected chi connectivity index (χ3v) is 2.52. The predicted molar refractivity (Wildman–Crippen MR) is 73.4 cm³/mol. The molecule has 0 aliphatic heterocycles. The lowest BCUT2D eigenvalue weighted by molar-refractivity contribution is 0.102. The van der Waals surface area contributed by atoms with Gasteiger partial charge in [0.05, 0.1) is 12.7 Å². The van der Waals surface area contributed by atoms with Crippen molar-refractivity contribution in [3.8, 4) is 11.8 Å². The number of aromatic nitrogens is 2. The third-order valence-electron chi connectivity index (χ3n) is 2.52. The fourth-order valence-corrected chi connectivity index (χ4v) is 1.67. The van der Waals surface area contributed by atoms with Crippen LogP contribution in [0.15, 0.2) is 36.5 Å². The van der Waals surface area contributed by atoms with Crippen molar-refractivity contribution in [2.45, 2.75) is 13.5 Å². The average molecular weight is 270 g/mol. The predicted octanol–water partition coefficient (Wildman–Crippen LogP) is 2.06. The molecule has 20 heavy (non-hydrogen) atoms. The van der Waals surface area contributed by atoms with Gasteiger partial charge in [0.2, 0.25) is 0 Å². The Balaban J connectivity index is 2.07. The first kappa shape index (κ1) is 13.6. The molecule has 1 N–H and O–H groups in total. The van der Waals surface area contributed by atoms with Crippen molar-refractivity contribution < 1.29 is 9.53 Å². The molecule has 0 atom stereocenters. The summed E-state index contributed by atoms with van der Waals surface area (Å²) in [4.78, 5) is 12.1. The van der Waals surface area contributed by atoms with Gasteiger partial charge in [0.15, 0.2) is 5.82 Å². The number of carbonyl (C=O) groups is 1. The Bertz CT molecular complexity index is 643. The van der Waals surface area contributed by atoms with Gasteiger partial charge in [-0.25, -0.2) is 0 Å². The van der Waals surface area contributed by atoms with Crippen molar-refractivity contribution >= 4 is 11.7 Å². The first-order valence-electron chi connectivity index (χ1n) is 6.17. The van der Waals surface area contributed by atoms with E-state index in [1.54, 1.807) is 36.5 Å². The molecule has 6 nitrogen and oxygen atoms in total. The summed E-state index contributed by atoms with van der Waals surface area (Å²) in [6, 6.07) is 10.5. The van der Waals surface area contributed by atoms with Crippen LogP contribution in [0.25, 0.3) is 0 Å². The van der Waals surface area contributed by atoms with Crippen LogP contribution in [-0.4, -0.2) is 22.3 Å². The van der Waals surface area contributed by atoms with E-state index in [4.69, 9.17) is 10.00 Å². The fourth-order valence-electron chi connectivity index (χ4n) is 1.67. The van der Waals surface area contributed by atoms with Crippen molar-refractivity contribution in [1.82, 2.24) is 9.78 Å². The van der Waals surface area contributed by atoms with E-state index in [1.807, 2.05) is 13.0 Å². The van der Waals surface area contributed by atoms with Gasteiger partial charge in [0.1, 0.15) is 12.3 Å². The van der Waals surface area contributed by atoms with Gasteiger partial charge in [-0.05, 0) is 25.1 Å². The minimum atomic E-state index is -0.270. The highest BCUT2D eigenvalue weighted by Gasteiger charge is 2.09. The molecular weight excluding hydrogens is 256 g/mol. The van der Waals surface area contributed by atoms with Crippen LogP contribution in [0.1, 0.15) is 17.3 Å². The number of benzene rings is 1. The van der Waals surface area contributed by atoms with E-state index in [0.717, 1.165) is 0 Å². The van der Waals surface area contributed by atoms with E-state index in [2.05, 4.69) is 10.4 Å². The Morgan fingerprint density at radius 2 is 2.35 bits per heavy atom. The van der Waals surface area contributed by atoms with Crippen molar-refractivity contribution in [1.29, 1.82) is 5.26 Å². The zero-order chi connectivity index (χ0) is 14.4. The van der Waals surface area contributed by atoms with E-state index >= 15 is 0 Å². The van der Waals surface area contributed by atoms with Crippen molar-refractivity contribution in [2.24, 2.45) is 0 Å². The summed E-state index contributed by atoms with van der Waals surface area (Å²) in [5.74, 6) is 0.788. The number of ether oxygens (including phenoxy) is 1. The number of amides is 1. The van der Waals surface area contributed by atoms with E-state index < -0.39 is 0 Å². The van der Waals surface area contributed by atoms with Crippen molar-refractivity contribution in [2.75, 3.05) is 11.9 Å². The van der Waals surface area contributed by atoms with Crippen LogP contribution in [0, 0.1) is 11.3 Å². The molecule has 0 saturated carbocycles. The lowest BCUT2D eigenvalue weighted by Crippen LogP contribution is -2.13. The lowest BCUT2D eigenvalue weighted by atomic mass is 10.2. The second-order valence-electron chi connectivity index (χ2n) is 3.97. The van der Waals surface area contributed by atoms with Crippen molar-refractivity contribution in [3.05, 3.63) is 42.1 Å². The minimum absolute atomic E-state index is 0.149. The molecule has 0 radical (unpaired) electrons. The third kappa shape index (κ3) is 3.36. The SMILES string of the molecule is CCOc1cccc(C(=O)Nc2ccn(CC#N)n2)c1. The molecule has 1 amide bonds. The number of nitrogens with zero attached hydrogens (tertiary/aromatic N) is 3. The Labute approximate surface area is 116 Å². The number of carbonyl (C=O) groups excluding carboxylic acids is 1. The van der Waals surface area contributed by atoms with Crippen molar-refractivity contribution in [3.63, 3.8) is 0 Å². The first-order valence-corrected chi connectivity index (χ1v) is 6.17. The van der Waals surface area contributed by atoms with Gasteiger partial charge in [-0.15, -0.1) is 0 Å². The normalized spacial score (nSPS) is 9.80. The van der Waals surface area contributed by atoms with Crippen LogP contribution in [0.5, 0.6) is 5.75 Å². The van der Waals surface area contributed by atoms with E-state index in [-0.39, 0.29) is 12.5 Å². The summed E-state index contributed by atoms with van der Waals surface area (Å²) >= 11 is 0. The summed E-state index contributed by atoms with van der Waals surface area (Å²) in [5.41, 5.74) is 0.491. The summed E-state index contributed by atoms with van der Waals surface area (Å²) in [5, 5.41) is 15.3. The molecule has 6 heteroatoms. The molecule has 1 heterocycles. The monoisotopic (exact) mass is 270 g/mol. The summed E-state index contributed by atoms with van der Waals surface area (Å²) < 4.78 is 6.80. The molecule has 0 aliphatic carbocycles. The maximum absolute atomic E-state index is 12.1. The molecule has 0 fully saturated rings. The van der Waals surface area contributed by atoms with Gasteiger partial charge in [-0.2, -0.15) is 10.4 Å².